The summed E-state index contributed by atoms with van der Waals surface area (Å²) >= 11 is 0. The number of furan rings is 1. The van der Waals surface area contributed by atoms with Crippen LogP contribution in [0.1, 0.15) is 10.6 Å². The van der Waals surface area contributed by atoms with Crippen LogP contribution in [0.3, 0.4) is 0 Å². The van der Waals surface area contributed by atoms with E-state index in [9.17, 15) is 9.00 Å². The van der Waals surface area contributed by atoms with E-state index in [1.807, 2.05) is 6.07 Å². The lowest BCUT2D eigenvalue weighted by Gasteiger charge is -1.99. The van der Waals surface area contributed by atoms with E-state index >= 15 is 0 Å². The van der Waals surface area contributed by atoms with Crippen LogP contribution in [0.25, 0.3) is 0 Å². The first-order valence-electron chi connectivity index (χ1n) is 4.77. The van der Waals surface area contributed by atoms with E-state index in [1.54, 1.807) is 36.4 Å². The highest BCUT2D eigenvalue weighted by molar-refractivity contribution is 7.85. The number of ketones is 1. The molecule has 0 amide bonds. The number of rotatable bonds is 4. The molecule has 0 bridgehead atoms. The number of carbonyl (C=O) groups excluding carboxylic acids is 1. The molecule has 0 saturated heterocycles. The van der Waals surface area contributed by atoms with Gasteiger partial charge in [0.2, 0.25) is 5.78 Å². The highest BCUT2D eigenvalue weighted by Gasteiger charge is 2.13. The highest BCUT2D eigenvalue weighted by Crippen LogP contribution is 2.09. The van der Waals surface area contributed by atoms with Gasteiger partial charge >= 0.3 is 0 Å². The highest BCUT2D eigenvalue weighted by atomic mass is 32.2. The van der Waals surface area contributed by atoms with Gasteiger partial charge in [0.25, 0.3) is 0 Å². The Morgan fingerprint density at radius 2 is 1.88 bits per heavy atom. The number of benzene rings is 1. The van der Waals surface area contributed by atoms with Crippen molar-refractivity contribution in [3.05, 3.63) is 54.5 Å². The van der Waals surface area contributed by atoms with Gasteiger partial charge in [-0.15, -0.1) is 0 Å². The third kappa shape index (κ3) is 2.46. The van der Waals surface area contributed by atoms with Gasteiger partial charge in [-0.1, -0.05) is 18.2 Å². The Hall–Kier alpha value is -1.68. The first-order valence-corrected chi connectivity index (χ1v) is 6.09. The average Bonchev–Trinajstić information content (AvgIpc) is 2.83. The topological polar surface area (TPSA) is 47.3 Å². The van der Waals surface area contributed by atoms with Crippen LogP contribution in [0.15, 0.2) is 58.0 Å². The lowest BCUT2D eigenvalue weighted by molar-refractivity contribution is 0.0991. The Morgan fingerprint density at radius 1 is 1.12 bits per heavy atom. The molecule has 0 aliphatic rings. The lowest BCUT2D eigenvalue weighted by atomic mass is 10.3. The smallest absolute Gasteiger partial charge is 0.210 e. The van der Waals surface area contributed by atoms with Crippen LogP contribution in [0.5, 0.6) is 0 Å². The second-order valence-corrected chi connectivity index (χ2v) is 4.65. The quantitative estimate of drug-likeness (QED) is 0.762. The Morgan fingerprint density at radius 3 is 2.50 bits per heavy atom. The molecule has 1 heterocycles. The number of hydrogen-bond acceptors (Lipinski definition) is 3. The van der Waals surface area contributed by atoms with Gasteiger partial charge < -0.3 is 4.42 Å². The Labute approximate surface area is 95.5 Å². The molecule has 2 rings (SSSR count). The van der Waals surface area contributed by atoms with Crippen molar-refractivity contribution in [2.24, 2.45) is 0 Å². The summed E-state index contributed by atoms with van der Waals surface area (Å²) in [7, 11) is -1.31. The Bertz CT molecular complexity index is 488. The van der Waals surface area contributed by atoms with Crippen molar-refractivity contribution >= 4 is 16.6 Å². The monoisotopic (exact) mass is 234 g/mol. The van der Waals surface area contributed by atoms with Crippen molar-refractivity contribution in [1.82, 2.24) is 0 Å². The normalized spacial score (nSPS) is 12.2. The molecule has 1 aromatic heterocycles. The fourth-order valence-electron chi connectivity index (χ4n) is 1.28. The second kappa shape index (κ2) is 4.90. The predicted octanol–water partition coefficient (Wildman–Crippen LogP) is 2.27. The summed E-state index contributed by atoms with van der Waals surface area (Å²) < 4.78 is 16.7. The molecule has 0 spiro atoms. The minimum atomic E-state index is -1.31. The van der Waals surface area contributed by atoms with Crippen molar-refractivity contribution in [1.29, 1.82) is 0 Å². The van der Waals surface area contributed by atoms with Crippen LogP contribution < -0.4 is 0 Å². The molecule has 0 N–H and O–H groups in total. The van der Waals surface area contributed by atoms with Crippen LogP contribution >= 0.6 is 0 Å². The van der Waals surface area contributed by atoms with Crippen LogP contribution in [0.4, 0.5) is 0 Å². The summed E-state index contributed by atoms with van der Waals surface area (Å²) in [5.74, 6) is -0.0335. The predicted molar refractivity (Wildman–Crippen MR) is 60.8 cm³/mol. The fourth-order valence-corrected chi connectivity index (χ4v) is 2.29. The zero-order valence-electron chi connectivity index (χ0n) is 8.46. The van der Waals surface area contributed by atoms with Crippen molar-refractivity contribution in [2.75, 3.05) is 5.75 Å². The average molecular weight is 234 g/mol. The first kappa shape index (κ1) is 10.8. The molecule has 4 heteroatoms. The number of Topliss-reactive ketones (excluding diaryl/α,β-unsaturated/α-hetero) is 1. The summed E-state index contributed by atoms with van der Waals surface area (Å²) in [6.45, 7) is 0. The van der Waals surface area contributed by atoms with Crippen molar-refractivity contribution < 1.29 is 13.4 Å². The zero-order chi connectivity index (χ0) is 11.4. The molecule has 1 aromatic carbocycles. The molecule has 1 atom stereocenters. The molecule has 1 unspecified atom stereocenters. The minimum absolute atomic E-state index is 0.0441. The van der Waals surface area contributed by atoms with Gasteiger partial charge in [-0.2, -0.15) is 0 Å². The molecule has 0 aliphatic heterocycles. The van der Waals surface area contributed by atoms with Crippen molar-refractivity contribution in [3.63, 3.8) is 0 Å². The lowest BCUT2D eigenvalue weighted by Crippen LogP contribution is -2.10. The molecule has 0 aliphatic carbocycles. The van der Waals surface area contributed by atoms with E-state index in [-0.39, 0.29) is 17.3 Å². The summed E-state index contributed by atoms with van der Waals surface area (Å²) in [6, 6.07) is 12.1. The van der Waals surface area contributed by atoms with E-state index in [2.05, 4.69) is 0 Å². The maximum atomic E-state index is 11.8. The van der Waals surface area contributed by atoms with Gasteiger partial charge in [0.05, 0.1) is 22.8 Å². The fraction of sp³-hybridized carbons (Fsp3) is 0.0833. The van der Waals surface area contributed by atoms with Gasteiger partial charge in [-0.3, -0.25) is 9.00 Å². The third-order valence-corrected chi connectivity index (χ3v) is 3.39. The van der Waals surface area contributed by atoms with Crippen LogP contribution in [0, 0.1) is 0 Å². The summed E-state index contributed by atoms with van der Waals surface area (Å²) in [5, 5.41) is 0. The Balaban J connectivity index is 2.06. The Kier molecular flexibility index (Phi) is 3.31. The summed E-state index contributed by atoms with van der Waals surface area (Å²) in [5.41, 5.74) is 0. The van der Waals surface area contributed by atoms with Gasteiger partial charge in [0, 0.05) is 4.90 Å². The van der Waals surface area contributed by atoms with Crippen molar-refractivity contribution in [3.8, 4) is 0 Å². The number of carbonyl (C=O) groups is 1. The van der Waals surface area contributed by atoms with Crippen molar-refractivity contribution in [2.45, 2.75) is 4.90 Å². The molecule has 0 fully saturated rings. The molecule has 2 aromatic rings. The number of hydrogen-bond donors (Lipinski definition) is 0. The van der Waals surface area contributed by atoms with Crippen LogP contribution in [-0.4, -0.2) is 15.7 Å². The molecule has 3 nitrogen and oxygen atoms in total. The maximum Gasteiger partial charge on any atom is 0.210 e. The third-order valence-electron chi connectivity index (χ3n) is 2.06. The van der Waals surface area contributed by atoms with Crippen LogP contribution in [-0.2, 0) is 10.8 Å². The molecular weight excluding hydrogens is 224 g/mol. The van der Waals surface area contributed by atoms with Crippen LogP contribution in [0.2, 0.25) is 0 Å². The minimum Gasteiger partial charge on any atom is -0.461 e. The van der Waals surface area contributed by atoms with E-state index in [0.29, 0.717) is 4.90 Å². The second-order valence-electron chi connectivity index (χ2n) is 3.20. The first-order chi connectivity index (χ1) is 7.77. The maximum absolute atomic E-state index is 11.8. The largest absolute Gasteiger partial charge is 0.461 e. The summed E-state index contributed by atoms with van der Waals surface area (Å²) in [6.07, 6.45) is 1.43. The SMILES string of the molecule is O=C(CS(=O)c1ccccc1)c1ccco1. The van der Waals surface area contributed by atoms with Gasteiger partial charge in [0.1, 0.15) is 0 Å². The molecular formula is C12H10O3S. The van der Waals surface area contributed by atoms with Gasteiger partial charge in [-0.25, -0.2) is 0 Å². The molecule has 82 valence electrons. The van der Waals surface area contributed by atoms with Gasteiger partial charge in [-0.05, 0) is 24.3 Å². The van der Waals surface area contributed by atoms with E-state index in [1.165, 1.54) is 6.26 Å². The standard InChI is InChI=1S/C12H10O3S/c13-11(12-7-4-8-15-12)9-16(14)10-5-2-1-3-6-10/h1-8H,9H2. The molecule has 0 saturated carbocycles. The van der Waals surface area contributed by atoms with E-state index in [0.717, 1.165) is 0 Å². The molecule has 0 radical (unpaired) electrons. The van der Waals surface area contributed by atoms with Gasteiger partial charge in [0.15, 0.2) is 5.76 Å². The molecule has 16 heavy (non-hydrogen) atoms. The zero-order valence-corrected chi connectivity index (χ0v) is 9.28. The van der Waals surface area contributed by atoms with E-state index < -0.39 is 10.8 Å². The van der Waals surface area contributed by atoms with E-state index in [4.69, 9.17) is 4.42 Å². The summed E-state index contributed by atoms with van der Waals surface area (Å²) in [4.78, 5) is 12.3.